The Labute approximate surface area is 360 Å². The number of carbonyl (C=O) groups is 3. The van der Waals surface area contributed by atoms with Crippen molar-refractivity contribution in [3.05, 3.63) is 30.1 Å². The number of pyridine rings is 1. The molecule has 0 aliphatic carbocycles. The zero-order chi connectivity index (χ0) is 45.7. The molecular formula is C43H74N2O16. The molecule has 0 spiro atoms. The Balaban J connectivity index is 0.00000113. The molecule has 3 aliphatic heterocycles. The minimum Gasteiger partial charge on any atom is -0.478 e. The van der Waals surface area contributed by atoms with Crippen molar-refractivity contribution in [3.63, 3.8) is 0 Å². The molecule has 0 bridgehead atoms. The van der Waals surface area contributed by atoms with Gasteiger partial charge in [-0.15, -0.1) is 0 Å². The van der Waals surface area contributed by atoms with Crippen molar-refractivity contribution in [2.45, 2.75) is 179 Å². The summed E-state index contributed by atoms with van der Waals surface area (Å²) in [6, 6.07) is 2.76. The van der Waals surface area contributed by atoms with Crippen molar-refractivity contribution < 1.29 is 78.9 Å². The first-order valence-corrected chi connectivity index (χ1v) is 20.9. The predicted molar refractivity (Wildman–Crippen MR) is 221 cm³/mol. The molecule has 18 heteroatoms. The lowest BCUT2D eigenvalue weighted by Crippen LogP contribution is -2.61. The van der Waals surface area contributed by atoms with Gasteiger partial charge in [0.05, 0.1) is 53.2 Å². The monoisotopic (exact) mass is 875 g/mol. The lowest BCUT2D eigenvalue weighted by atomic mass is 9.74. The number of cyclic esters (lactones) is 1. The van der Waals surface area contributed by atoms with E-state index in [1.807, 2.05) is 25.9 Å². The van der Waals surface area contributed by atoms with Crippen molar-refractivity contribution >= 4 is 17.7 Å². The number of carboxylic acids is 1. The molecule has 0 aromatic carbocycles. The smallest absolute Gasteiger partial charge is 0.337 e. The summed E-state index contributed by atoms with van der Waals surface area (Å²) < 4.78 is 37.1. The Morgan fingerprint density at radius 1 is 0.951 bits per heavy atom. The van der Waals surface area contributed by atoms with Crippen LogP contribution in [0.25, 0.3) is 0 Å². The summed E-state index contributed by atoms with van der Waals surface area (Å²) >= 11 is 0. The number of hydrogen-bond acceptors (Lipinski definition) is 16. The van der Waals surface area contributed by atoms with E-state index < -0.39 is 114 Å². The molecule has 0 unspecified atom stereocenters. The van der Waals surface area contributed by atoms with Crippen LogP contribution in [0, 0.1) is 23.7 Å². The third kappa shape index (κ3) is 12.9. The number of rotatable bonds is 8. The van der Waals surface area contributed by atoms with E-state index in [2.05, 4.69) is 4.98 Å². The molecule has 0 radical (unpaired) electrons. The number of ketones is 1. The Bertz CT molecular complexity index is 1550. The zero-order valence-corrected chi connectivity index (χ0v) is 38.1. The molecule has 352 valence electrons. The number of carboxylic acid groups (broad SMARTS) is 1. The summed E-state index contributed by atoms with van der Waals surface area (Å²) in [6.07, 6.45) is -6.87. The minimum absolute atomic E-state index is 0. The number of aromatic carboxylic acids is 1. The fourth-order valence-electron chi connectivity index (χ4n) is 8.90. The van der Waals surface area contributed by atoms with E-state index in [4.69, 9.17) is 33.5 Å². The number of aliphatic hydroxyl groups excluding tert-OH is 3. The van der Waals surface area contributed by atoms with Gasteiger partial charge in [-0.05, 0) is 87.0 Å². The standard InChI is InChI=1S/C37H67NO13.C6H5NO2.H2O/c1-14-25-37(10,45)30(41)20(4)27(39)18(2)16-35(8,44)32(51-34-28(40)24(38(11)12)15-19(3)47-34)21(5)29(22(6)33(43)49-25)50-26-17-36(9,46-13)31(42)23(7)48-26;8-6(9)5-2-1-3-7-4-5;/h18-26,28-32,34,40-42,44-45H,14-17H2,1-13H3;1-4H,(H,8,9);1H2/t18-,19-,20+,21+,22-,23+,24+,25-,26+,28-,29+,30-,31+,32-,34+,35-,36-,37-;;/m1../s1. The number of aromatic nitrogens is 1. The van der Waals surface area contributed by atoms with E-state index in [0.29, 0.717) is 6.42 Å². The lowest BCUT2D eigenvalue weighted by Gasteiger charge is -2.49. The first kappa shape index (κ1) is 54.4. The van der Waals surface area contributed by atoms with Gasteiger partial charge in [0.2, 0.25) is 0 Å². The second kappa shape index (κ2) is 22.3. The molecule has 3 aliphatic rings. The summed E-state index contributed by atoms with van der Waals surface area (Å²) in [7, 11) is 5.18. The van der Waals surface area contributed by atoms with Gasteiger partial charge in [0.1, 0.15) is 29.7 Å². The summed E-state index contributed by atoms with van der Waals surface area (Å²) in [4.78, 5) is 43.5. The second-order valence-electron chi connectivity index (χ2n) is 18.0. The maximum atomic E-state index is 14.1. The molecule has 8 N–H and O–H groups in total. The third-order valence-electron chi connectivity index (χ3n) is 12.7. The molecular weight excluding hydrogens is 800 g/mol. The van der Waals surface area contributed by atoms with Crippen LogP contribution >= 0.6 is 0 Å². The van der Waals surface area contributed by atoms with Crippen molar-refractivity contribution in [1.82, 2.24) is 9.88 Å². The van der Waals surface area contributed by atoms with E-state index in [0.717, 1.165) is 0 Å². The summed E-state index contributed by atoms with van der Waals surface area (Å²) in [6.45, 7) is 16.3. The topological polar surface area (TPSA) is 276 Å². The highest BCUT2D eigenvalue weighted by Crippen LogP contribution is 2.40. The molecule has 0 saturated carbocycles. The van der Waals surface area contributed by atoms with Crippen LogP contribution in [-0.2, 0) is 38.0 Å². The SMILES string of the molecule is CC[C@H]1OC(=O)[C@H](C)[C@@H](O[C@H]2C[C@@](C)(OC)[C@@H](O)[C@H](C)O2)[C@H](C)[C@@H](O[C@@H]2O[C@H](C)C[C@H](N(C)C)[C@H]2O)[C@](C)(O)C[C@@H](C)C(=O)[C@H](C)[C@@H](O)[C@]1(C)O.O.O=C(O)c1cccnc1. The van der Waals surface area contributed by atoms with Crippen LogP contribution in [0.1, 0.15) is 105 Å². The van der Waals surface area contributed by atoms with E-state index >= 15 is 0 Å². The highest BCUT2D eigenvalue weighted by atomic mass is 16.7. The first-order valence-electron chi connectivity index (χ1n) is 20.9. The number of hydrogen-bond donors (Lipinski definition) is 6. The average molecular weight is 875 g/mol. The van der Waals surface area contributed by atoms with Gasteiger partial charge in [-0.2, -0.15) is 0 Å². The normalized spacial score (nSPS) is 42.9. The van der Waals surface area contributed by atoms with Crippen molar-refractivity contribution in [2.24, 2.45) is 23.7 Å². The molecule has 4 heterocycles. The number of esters is 1. The Hall–Kier alpha value is -2.72. The number of methoxy groups -OCH3 is 1. The van der Waals surface area contributed by atoms with Crippen LogP contribution < -0.4 is 0 Å². The predicted octanol–water partition coefficient (Wildman–Crippen LogP) is 1.74. The number of Topliss-reactive ketones (excluding diaryl/α,β-unsaturated/α-hetero) is 1. The van der Waals surface area contributed by atoms with E-state index in [9.17, 15) is 39.9 Å². The minimum atomic E-state index is -1.99. The van der Waals surface area contributed by atoms with Crippen molar-refractivity contribution in [1.29, 1.82) is 0 Å². The summed E-state index contributed by atoms with van der Waals surface area (Å²) in [5.41, 5.74) is -4.62. The number of carbonyl (C=O) groups excluding carboxylic acids is 2. The Kier molecular flexibility index (Phi) is 19.9. The number of likely N-dealkylation sites (N-methyl/N-ethyl adjacent to an activating group) is 1. The van der Waals surface area contributed by atoms with E-state index in [1.165, 1.54) is 46.3 Å². The number of aliphatic hydroxyl groups is 5. The molecule has 3 saturated heterocycles. The number of ether oxygens (including phenoxy) is 6. The van der Waals surface area contributed by atoms with Crippen LogP contribution in [0.3, 0.4) is 0 Å². The summed E-state index contributed by atoms with van der Waals surface area (Å²) in [5, 5.41) is 66.0. The maximum Gasteiger partial charge on any atom is 0.337 e. The van der Waals surface area contributed by atoms with Gasteiger partial charge in [-0.25, -0.2) is 4.79 Å². The van der Waals surface area contributed by atoms with Gasteiger partial charge in [-0.1, -0.05) is 27.7 Å². The summed E-state index contributed by atoms with van der Waals surface area (Å²) in [5.74, 6) is -5.92. The van der Waals surface area contributed by atoms with Crippen molar-refractivity contribution in [3.8, 4) is 0 Å². The van der Waals surface area contributed by atoms with Crippen LogP contribution in [0.2, 0.25) is 0 Å². The quantitative estimate of drug-likeness (QED) is 0.203. The van der Waals surface area contributed by atoms with Crippen molar-refractivity contribution in [2.75, 3.05) is 21.2 Å². The lowest BCUT2D eigenvalue weighted by molar-refractivity contribution is -0.318. The number of nitrogens with zero attached hydrogens (tertiary/aromatic N) is 2. The van der Waals surface area contributed by atoms with Gasteiger partial charge >= 0.3 is 11.9 Å². The average Bonchev–Trinajstić information content (AvgIpc) is 3.19. The fraction of sp³-hybridized carbons (Fsp3) is 0.814. The molecule has 1 aromatic heterocycles. The highest BCUT2D eigenvalue weighted by molar-refractivity contribution is 5.87. The van der Waals surface area contributed by atoms with E-state index in [1.54, 1.807) is 47.6 Å². The third-order valence-corrected chi connectivity index (χ3v) is 12.7. The van der Waals surface area contributed by atoms with Gasteiger partial charge in [0.25, 0.3) is 0 Å². The zero-order valence-electron chi connectivity index (χ0n) is 38.1. The van der Waals surface area contributed by atoms with Crippen LogP contribution in [0.15, 0.2) is 24.5 Å². The van der Waals surface area contributed by atoms with Crippen LogP contribution in [-0.4, -0.2) is 169 Å². The maximum absolute atomic E-state index is 14.1. The molecule has 61 heavy (non-hydrogen) atoms. The molecule has 3 fully saturated rings. The molecule has 18 atom stereocenters. The second-order valence-corrected chi connectivity index (χ2v) is 18.0. The Morgan fingerprint density at radius 2 is 1.57 bits per heavy atom. The van der Waals surface area contributed by atoms with E-state index in [-0.39, 0.29) is 42.4 Å². The largest absolute Gasteiger partial charge is 0.478 e. The van der Waals surface area contributed by atoms with Gasteiger partial charge in [0, 0.05) is 49.7 Å². The Morgan fingerprint density at radius 3 is 2.08 bits per heavy atom. The van der Waals surface area contributed by atoms with Crippen LogP contribution in [0.4, 0.5) is 0 Å². The fourth-order valence-corrected chi connectivity index (χ4v) is 8.90. The molecule has 0 amide bonds. The van der Waals surface area contributed by atoms with Crippen LogP contribution in [0.5, 0.6) is 0 Å². The van der Waals surface area contributed by atoms with Gasteiger partial charge in [-0.3, -0.25) is 14.6 Å². The molecule has 1 aromatic rings. The van der Waals surface area contributed by atoms with Gasteiger partial charge < -0.3 is 69.4 Å². The molecule has 4 rings (SSSR count). The van der Waals surface area contributed by atoms with Gasteiger partial charge in [0.15, 0.2) is 12.6 Å². The highest BCUT2D eigenvalue weighted by Gasteiger charge is 2.53. The molecule has 18 nitrogen and oxygen atoms in total. The first-order chi connectivity index (χ1) is 27.7.